The van der Waals surface area contributed by atoms with Gasteiger partial charge in [-0.25, -0.2) is 19.0 Å². The van der Waals surface area contributed by atoms with E-state index >= 15 is 0 Å². The van der Waals surface area contributed by atoms with Crippen LogP contribution in [0.25, 0.3) is 0 Å². The molecule has 0 unspecified atom stereocenters. The normalized spacial score (nSPS) is 11.2. The molecule has 2 aromatic carbocycles. The zero-order valence-corrected chi connectivity index (χ0v) is 13.3. The van der Waals surface area contributed by atoms with Crippen LogP contribution < -0.4 is 16.0 Å². The van der Waals surface area contributed by atoms with Gasteiger partial charge in [0.25, 0.3) is 0 Å². The van der Waals surface area contributed by atoms with Crippen LogP contribution in [0.5, 0.6) is 0 Å². The number of hydrazine groups is 1. The van der Waals surface area contributed by atoms with Crippen LogP contribution in [0.4, 0.5) is 0 Å². The Morgan fingerprint density at radius 3 is 2.22 bits per heavy atom. The quantitative estimate of drug-likeness (QED) is 0.401. The van der Waals surface area contributed by atoms with Gasteiger partial charge in [0.15, 0.2) is 0 Å². The lowest BCUT2D eigenvalue weighted by Gasteiger charge is -2.08. The van der Waals surface area contributed by atoms with Crippen LogP contribution in [-0.4, -0.2) is 14.3 Å². The molecule has 0 radical (unpaired) electrons. The molecule has 0 heterocycles. The minimum atomic E-state index is -3.56. The maximum atomic E-state index is 12.2. The van der Waals surface area contributed by atoms with E-state index in [1.165, 1.54) is 12.1 Å². The van der Waals surface area contributed by atoms with Crippen LogP contribution in [0.1, 0.15) is 17.5 Å². The summed E-state index contributed by atoms with van der Waals surface area (Å²) in [5.41, 5.74) is 3.82. The highest BCUT2D eigenvalue weighted by molar-refractivity contribution is 7.89. The predicted molar refractivity (Wildman–Crippen MR) is 87.6 cm³/mol. The summed E-state index contributed by atoms with van der Waals surface area (Å²) < 4.78 is 27.0. The second-order valence-corrected chi connectivity index (χ2v) is 6.79. The Balaban J connectivity index is 1.98. The van der Waals surface area contributed by atoms with E-state index in [4.69, 9.17) is 5.84 Å². The first kappa shape index (κ1) is 17.1. The number of hydrogen-bond acceptors (Lipinski definition) is 4. The van der Waals surface area contributed by atoms with Gasteiger partial charge >= 0.3 is 0 Å². The Morgan fingerprint density at radius 2 is 1.61 bits per heavy atom. The SMILES string of the molecule is NNC(=O)CCc1ccc(S(=O)(=O)NCc2ccccc2)cc1. The standard InChI is InChI=1S/C16H19N3O3S/c17-19-16(20)11-8-13-6-9-15(10-7-13)23(21,22)18-12-14-4-2-1-3-5-14/h1-7,9-10,18H,8,11-12,17H2,(H,19,20). The van der Waals surface area contributed by atoms with E-state index in [0.717, 1.165) is 11.1 Å². The number of benzene rings is 2. The summed E-state index contributed by atoms with van der Waals surface area (Å²) in [5.74, 6) is 4.75. The Kier molecular flexibility index (Phi) is 5.86. The molecule has 122 valence electrons. The molecular formula is C16H19N3O3S. The number of hydrogen-bond donors (Lipinski definition) is 3. The van der Waals surface area contributed by atoms with Crippen LogP contribution in [-0.2, 0) is 27.8 Å². The number of rotatable bonds is 7. The molecule has 23 heavy (non-hydrogen) atoms. The van der Waals surface area contributed by atoms with Gasteiger partial charge in [-0.3, -0.25) is 10.2 Å². The van der Waals surface area contributed by atoms with Crippen molar-refractivity contribution >= 4 is 15.9 Å². The third-order valence-corrected chi connectivity index (χ3v) is 4.76. The summed E-state index contributed by atoms with van der Waals surface area (Å²) in [6.45, 7) is 0.238. The number of nitrogens with two attached hydrogens (primary N) is 1. The molecule has 6 nitrogen and oxygen atoms in total. The molecule has 2 rings (SSSR count). The van der Waals surface area contributed by atoms with Crippen molar-refractivity contribution in [2.24, 2.45) is 5.84 Å². The first-order valence-corrected chi connectivity index (χ1v) is 8.61. The fourth-order valence-electron chi connectivity index (χ4n) is 2.02. The molecular weight excluding hydrogens is 314 g/mol. The summed E-state index contributed by atoms with van der Waals surface area (Å²) >= 11 is 0. The number of carbonyl (C=O) groups is 1. The maximum absolute atomic E-state index is 12.2. The van der Waals surface area contributed by atoms with E-state index in [-0.39, 0.29) is 23.8 Å². The van der Waals surface area contributed by atoms with Crippen molar-refractivity contribution in [2.45, 2.75) is 24.3 Å². The lowest BCUT2D eigenvalue weighted by molar-refractivity contribution is -0.121. The van der Waals surface area contributed by atoms with E-state index in [2.05, 4.69) is 10.1 Å². The monoisotopic (exact) mass is 333 g/mol. The van der Waals surface area contributed by atoms with E-state index in [1.54, 1.807) is 12.1 Å². The Hall–Kier alpha value is -2.22. The van der Waals surface area contributed by atoms with Crippen LogP contribution in [0.3, 0.4) is 0 Å². The molecule has 0 fully saturated rings. The van der Waals surface area contributed by atoms with Gasteiger partial charge in [0.2, 0.25) is 15.9 Å². The van der Waals surface area contributed by atoms with Gasteiger partial charge in [-0.15, -0.1) is 0 Å². The van der Waals surface area contributed by atoms with Gasteiger partial charge in [-0.05, 0) is 29.7 Å². The van der Waals surface area contributed by atoms with Crippen LogP contribution in [0.15, 0.2) is 59.5 Å². The zero-order chi connectivity index (χ0) is 16.7. The van der Waals surface area contributed by atoms with Gasteiger partial charge in [0.05, 0.1) is 4.90 Å². The van der Waals surface area contributed by atoms with E-state index in [1.807, 2.05) is 30.3 Å². The minimum absolute atomic E-state index is 0.195. The summed E-state index contributed by atoms with van der Waals surface area (Å²) in [7, 11) is -3.56. The molecule has 0 aliphatic heterocycles. The molecule has 0 saturated carbocycles. The molecule has 0 aromatic heterocycles. The topological polar surface area (TPSA) is 101 Å². The van der Waals surface area contributed by atoms with Gasteiger partial charge in [0.1, 0.15) is 0 Å². The van der Waals surface area contributed by atoms with E-state index < -0.39 is 10.0 Å². The van der Waals surface area contributed by atoms with Crippen LogP contribution in [0.2, 0.25) is 0 Å². The first-order chi connectivity index (χ1) is 11.0. The number of aryl methyl sites for hydroxylation is 1. The lowest BCUT2D eigenvalue weighted by Crippen LogP contribution is -2.30. The van der Waals surface area contributed by atoms with Crippen molar-refractivity contribution in [1.29, 1.82) is 0 Å². The van der Waals surface area contributed by atoms with Gasteiger partial charge in [-0.1, -0.05) is 42.5 Å². The highest BCUT2D eigenvalue weighted by Gasteiger charge is 2.13. The molecule has 0 saturated heterocycles. The van der Waals surface area contributed by atoms with Crippen molar-refractivity contribution in [3.8, 4) is 0 Å². The van der Waals surface area contributed by atoms with E-state index in [9.17, 15) is 13.2 Å². The van der Waals surface area contributed by atoms with Gasteiger partial charge in [-0.2, -0.15) is 0 Å². The second kappa shape index (κ2) is 7.87. The third-order valence-electron chi connectivity index (χ3n) is 3.34. The molecule has 0 bridgehead atoms. The highest BCUT2D eigenvalue weighted by atomic mass is 32.2. The van der Waals surface area contributed by atoms with Crippen LogP contribution in [0, 0.1) is 0 Å². The molecule has 2 aromatic rings. The highest BCUT2D eigenvalue weighted by Crippen LogP contribution is 2.12. The molecule has 0 spiro atoms. The second-order valence-electron chi connectivity index (χ2n) is 5.02. The average Bonchev–Trinajstić information content (AvgIpc) is 2.59. The molecule has 0 aliphatic rings. The molecule has 0 aliphatic carbocycles. The predicted octanol–water partition coefficient (Wildman–Crippen LogP) is 1.09. The average molecular weight is 333 g/mol. The van der Waals surface area contributed by atoms with Crippen LogP contribution >= 0.6 is 0 Å². The third kappa shape index (κ3) is 5.17. The summed E-state index contributed by atoms with van der Waals surface area (Å²) in [5, 5.41) is 0. The smallest absolute Gasteiger partial charge is 0.240 e. The summed E-state index contributed by atoms with van der Waals surface area (Å²) in [4.78, 5) is 11.3. The Bertz CT molecular complexity index is 744. The first-order valence-electron chi connectivity index (χ1n) is 7.13. The molecule has 7 heteroatoms. The Morgan fingerprint density at radius 1 is 0.957 bits per heavy atom. The number of sulfonamides is 1. The van der Waals surface area contributed by atoms with Crippen molar-refractivity contribution in [1.82, 2.24) is 10.1 Å². The van der Waals surface area contributed by atoms with Crippen molar-refractivity contribution in [3.05, 3.63) is 65.7 Å². The molecule has 4 N–H and O–H groups in total. The van der Waals surface area contributed by atoms with Crippen molar-refractivity contribution in [3.63, 3.8) is 0 Å². The number of carbonyl (C=O) groups excluding carboxylic acids is 1. The minimum Gasteiger partial charge on any atom is -0.294 e. The lowest BCUT2D eigenvalue weighted by atomic mass is 10.1. The van der Waals surface area contributed by atoms with Gasteiger partial charge in [0, 0.05) is 13.0 Å². The summed E-state index contributed by atoms with van der Waals surface area (Å²) in [6, 6.07) is 15.8. The maximum Gasteiger partial charge on any atom is 0.240 e. The largest absolute Gasteiger partial charge is 0.294 e. The number of nitrogens with one attached hydrogen (secondary N) is 2. The van der Waals surface area contributed by atoms with Crippen molar-refractivity contribution < 1.29 is 13.2 Å². The van der Waals surface area contributed by atoms with Gasteiger partial charge < -0.3 is 0 Å². The van der Waals surface area contributed by atoms with Crippen molar-refractivity contribution in [2.75, 3.05) is 0 Å². The fourth-order valence-corrected chi connectivity index (χ4v) is 3.04. The van der Waals surface area contributed by atoms with E-state index in [0.29, 0.717) is 6.42 Å². The fraction of sp³-hybridized carbons (Fsp3) is 0.188. The molecule has 1 amide bonds. The molecule has 0 atom stereocenters. The zero-order valence-electron chi connectivity index (χ0n) is 12.5. The summed E-state index contributed by atoms with van der Waals surface area (Å²) in [6.07, 6.45) is 0.760. The number of amides is 1. The Labute approximate surface area is 135 Å².